The maximum absolute atomic E-state index is 14.6. The Morgan fingerprint density at radius 2 is 1.88 bits per heavy atom. The maximum Gasteiger partial charge on any atom is 0.251 e. The van der Waals surface area contributed by atoms with Crippen LogP contribution in [0.1, 0.15) is 18.4 Å². The third-order valence-electron chi connectivity index (χ3n) is 4.82. The normalized spacial score (nSPS) is 21.7. The highest BCUT2D eigenvalue weighted by Gasteiger charge is 2.36. The number of carbonyl (C=O) groups is 1. The molecule has 2 aliphatic rings. The van der Waals surface area contributed by atoms with E-state index >= 15 is 0 Å². The topological polar surface area (TPSA) is 45.0 Å². The summed E-state index contributed by atoms with van der Waals surface area (Å²) in [7, 11) is 0. The summed E-state index contributed by atoms with van der Waals surface area (Å²) in [4.78, 5) is 12.9. The standard InChI is InChI=1S/C21H18FN3O/c1-14(21(26)25-20-10-6-5-9-19(20)23-24-25)16-11-12-17(18(22)13-16)15-7-3-2-4-8-15/h2-14,19-20H,1H3/t14-,19?,20?/m1/s1. The lowest BCUT2D eigenvalue weighted by Gasteiger charge is -2.24. The molecule has 4 nitrogen and oxygen atoms in total. The molecular weight excluding hydrogens is 329 g/mol. The molecule has 1 aliphatic heterocycles. The second kappa shape index (κ2) is 6.67. The van der Waals surface area contributed by atoms with Crippen LogP contribution in [-0.2, 0) is 4.79 Å². The molecule has 2 aromatic carbocycles. The van der Waals surface area contributed by atoms with E-state index in [0.29, 0.717) is 11.1 Å². The van der Waals surface area contributed by atoms with Crippen molar-refractivity contribution in [3.05, 3.63) is 84.2 Å². The van der Waals surface area contributed by atoms with E-state index in [1.54, 1.807) is 19.1 Å². The number of carbonyl (C=O) groups excluding carboxylic acids is 1. The summed E-state index contributed by atoms with van der Waals surface area (Å²) in [6.07, 6.45) is 7.61. The smallest absolute Gasteiger partial charge is 0.251 e. The van der Waals surface area contributed by atoms with Gasteiger partial charge in [-0.05, 0) is 24.1 Å². The van der Waals surface area contributed by atoms with Crippen LogP contribution >= 0.6 is 0 Å². The maximum atomic E-state index is 14.6. The van der Waals surface area contributed by atoms with Gasteiger partial charge in [0.1, 0.15) is 17.9 Å². The minimum absolute atomic E-state index is 0.131. The van der Waals surface area contributed by atoms with Gasteiger partial charge in [0.2, 0.25) is 0 Å². The van der Waals surface area contributed by atoms with Gasteiger partial charge in [-0.2, -0.15) is 5.11 Å². The zero-order valence-electron chi connectivity index (χ0n) is 14.3. The van der Waals surface area contributed by atoms with Crippen molar-refractivity contribution in [2.24, 2.45) is 10.3 Å². The fraction of sp³-hybridized carbons (Fsp3) is 0.190. The van der Waals surface area contributed by atoms with E-state index in [1.807, 2.05) is 54.6 Å². The average molecular weight is 347 g/mol. The first-order valence-corrected chi connectivity index (χ1v) is 8.59. The van der Waals surface area contributed by atoms with Crippen LogP contribution < -0.4 is 0 Å². The van der Waals surface area contributed by atoms with E-state index in [1.165, 1.54) is 11.1 Å². The van der Waals surface area contributed by atoms with Crippen molar-refractivity contribution < 1.29 is 9.18 Å². The molecule has 3 atom stereocenters. The molecule has 0 aromatic heterocycles. The number of rotatable bonds is 3. The second-order valence-electron chi connectivity index (χ2n) is 6.47. The van der Waals surface area contributed by atoms with Crippen LogP contribution in [0.3, 0.4) is 0 Å². The SMILES string of the molecule is C[C@@H](C(=O)N1N=NC2C=CC=CC21)c1ccc(-c2ccccc2)c(F)c1. The molecule has 1 heterocycles. The molecule has 1 aliphatic carbocycles. The molecule has 0 saturated carbocycles. The van der Waals surface area contributed by atoms with Gasteiger partial charge in [-0.3, -0.25) is 4.79 Å². The van der Waals surface area contributed by atoms with Crippen molar-refractivity contribution in [2.75, 3.05) is 0 Å². The summed E-state index contributed by atoms with van der Waals surface area (Å²) in [6.45, 7) is 1.77. The number of amides is 1. The van der Waals surface area contributed by atoms with Crippen molar-refractivity contribution in [2.45, 2.75) is 24.9 Å². The molecule has 0 bridgehead atoms. The molecule has 130 valence electrons. The molecule has 26 heavy (non-hydrogen) atoms. The van der Waals surface area contributed by atoms with Gasteiger partial charge >= 0.3 is 0 Å². The van der Waals surface area contributed by atoms with E-state index in [2.05, 4.69) is 10.3 Å². The number of hydrogen-bond acceptors (Lipinski definition) is 3. The van der Waals surface area contributed by atoms with Crippen molar-refractivity contribution in [1.82, 2.24) is 5.01 Å². The lowest BCUT2D eigenvalue weighted by Crippen LogP contribution is -2.39. The van der Waals surface area contributed by atoms with Crippen molar-refractivity contribution in [3.63, 3.8) is 0 Å². The minimum Gasteiger partial charge on any atom is -0.272 e. The van der Waals surface area contributed by atoms with Crippen LogP contribution in [0, 0.1) is 5.82 Å². The average Bonchev–Trinajstić information content (AvgIpc) is 3.11. The Morgan fingerprint density at radius 1 is 1.12 bits per heavy atom. The Hall–Kier alpha value is -3.08. The fourth-order valence-electron chi connectivity index (χ4n) is 3.28. The summed E-state index contributed by atoms with van der Waals surface area (Å²) in [5.41, 5.74) is 1.96. The van der Waals surface area contributed by atoms with Gasteiger partial charge in [0.15, 0.2) is 0 Å². The summed E-state index contributed by atoms with van der Waals surface area (Å²) >= 11 is 0. The quantitative estimate of drug-likeness (QED) is 0.796. The molecule has 0 N–H and O–H groups in total. The highest BCUT2D eigenvalue weighted by Crippen LogP contribution is 2.30. The first kappa shape index (κ1) is 16.4. The van der Waals surface area contributed by atoms with Crippen LogP contribution in [-0.4, -0.2) is 23.0 Å². The summed E-state index contributed by atoms with van der Waals surface area (Å²) < 4.78 is 14.6. The summed E-state index contributed by atoms with van der Waals surface area (Å²) in [5, 5.41) is 9.55. The largest absolute Gasteiger partial charge is 0.272 e. The molecule has 5 heteroatoms. The molecular formula is C21H18FN3O. The van der Waals surface area contributed by atoms with E-state index in [4.69, 9.17) is 0 Å². The van der Waals surface area contributed by atoms with Crippen molar-refractivity contribution >= 4 is 5.91 Å². The molecule has 0 radical (unpaired) electrons. The zero-order chi connectivity index (χ0) is 18.1. The van der Waals surface area contributed by atoms with E-state index in [0.717, 1.165) is 5.56 Å². The van der Waals surface area contributed by atoms with Crippen LogP contribution in [0.5, 0.6) is 0 Å². The Labute approximate surface area is 151 Å². The third-order valence-corrected chi connectivity index (χ3v) is 4.82. The number of fused-ring (bicyclic) bond motifs is 1. The van der Waals surface area contributed by atoms with Crippen molar-refractivity contribution in [1.29, 1.82) is 0 Å². The van der Waals surface area contributed by atoms with Gasteiger partial charge in [-0.1, -0.05) is 72.0 Å². The first-order chi connectivity index (χ1) is 12.6. The van der Waals surface area contributed by atoms with E-state index in [9.17, 15) is 9.18 Å². The van der Waals surface area contributed by atoms with Gasteiger partial charge in [0.05, 0.1) is 5.92 Å². The number of hydrogen-bond donors (Lipinski definition) is 0. The highest BCUT2D eigenvalue weighted by atomic mass is 19.1. The molecule has 0 fully saturated rings. The predicted molar refractivity (Wildman–Crippen MR) is 97.8 cm³/mol. The number of nitrogens with zero attached hydrogens (tertiary/aromatic N) is 3. The molecule has 4 rings (SSSR count). The van der Waals surface area contributed by atoms with Crippen molar-refractivity contribution in [3.8, 4) is 11.1 Å². The lowest BCUT2D eigenvalue weighted by molar-refractivity contribution is -0.133. The Balaban J connectivity index is 1.57. The van der Waals surface area contributed by atoms with E-state index < -0.39 is 5.92 Å². The van der Waals surface area contributed by atoms with E-state index in [-0.39, 0.29) is 23.8 Å². The summed E-state index contributed by atoms with van der Waals surface area (Å²) in [6, 6.07) is 14.0. The Morgan fingerprint density at radius 3 is 2.65 bits per heavy atom. The number of benzene rings is 2. The molecule has 0 spiro atoms. The second-order valence-corrected chi connectivity index (χ2v) is 6.47. The molecule has 2 aromatic rings. The zero-order valence-corrected chi connectivity index (χ0v) is 14.3. The summed E-state index contributed by atoms with van der Waals surface area (Å²) in [5.74, 6) is -1.03. The Bertz CT molecular complexity index is 920. The lowest BCUT2D eigenvalue weighted by atomic mass is 9.95. The van der Waals surface area contributed by atoms with Crippen LogP contribution in [0.25, 0.3) is 11.1 Å². The predicted octanol–water partition coefficient (Wildman–Crippen LogP) is 4.67. The van der Waals surface area contributed by atoms with Gasteiger partial charge in [0, 0.05) is 5.56 Å². The first-order valence-electron chi connectivity index (χ1n) is 8.59. The van der Waals surface area contributed by atoms with Gasteiger partial charge in [-0.25, -0.2) is 9.40 Å². The Kier molecular flexibility index (Phi) is 4.21. The van der Waals surface area contributed by atoms with Gasteiger partial charge in [-0.15, -0.1) is 0 Å². The number of allylic oxidation sites excluding steroid dienone is 2. The molecule has 2 unspecified atom stereocenters. The monoisotopic (exact) mass is 347 g/mol. The molecule has 0 saturated heterocycles. The fourth-order valence-corrected chi connectivity index (χ4v) is 3.28. The van der Waals surface area contributed by atoms with Crippen LogP contribution in [0.2, 0.25) is 0 Å². The van der Waals surface area contributed by atoms with Gasteiger partial charge < -0.3 is 0 Å². The number of halogens is 1. The minimum atomic E-state index is -0.508. The third kappa shape index (κ3) is 2.86. The van der Waals surface area contributed by atoms with Gasteiger partial charge in [0.25, 0.3) is 5.91 Å². The van der Waals surface area contributed by atoms with Crippen LogP contribution in [0.15, 0.2) is 83.2 Å². The highest BCUT2D eigenvalue weighted by molar-refractivity contribution is 5.84. The van der Waals surface area contributed by atoms with Crippen LogP contribution in [0.4, 0.5) is 4.39 Å². The molecule has 1 amide bonds.